The van der Waals surface area contributed by atoms with Gasteiger partial charge in [0.2, 0.25) is 0 Å². The van der Waals surface area contributed by atoms with E-state index < -0.39 is 24.3 Å². The molecule has 5 N–H and O–H groups in total. The number of carboxylic acids is 1. The van der Waals surface area contributed by atoms with E-state index in [0.29, 0.717) is 32.1 Å². The van der Waals surface area contributed by atoms with E-state index in [1.807, 2.05) is 18.2 Å². The molecule has 0 saturated heterocycles. The van der Waals surface area contributed by atoms with Gasteiger partial charge in [0.25, 0.3) is 0 Å². The molecule has 0 radical (unpaired) electrons. The van der Waals surface area contributed by atoms with Crippen molar-refractivity contribution in [2.75, 3.05) is 6.61 Å². The molecule has 0 amide bonds. The zero-order chi connectivity index (χ0) is 19.4. The molecule has 1 aliphatic carbocycles. The fourth-order valence-corrected chi connectivity index (χ4v) is 3.44. The highest BCUT2D eigenvalue weighted by Gasteiger charge is 2.39. The van der Waals surface area contributed by atoms with Gasteiger partial charge in [0, 0.05) is 25.4 Å². The van der Waals surface area contributed by atoms with Gasteiger partial charge in [0.1, 0.15) is 0 Å². The zero-order valence-electron chi connectivity index (χ0n) is 15.4. The lowest BCUT2D eigenvalue weighted by molar-refractivity contribution is -0.137. The van der Waals surface area contributed by atoms with Crippen LogP contribution in [0.1, 0.15) is 57.8 Å². The maximum absolute atomic E-state index is 10.5. The highest BCUT2D eigenvalue weighted by atomic mass is 16.4. The van der Waals surface area contributed by atoms with Crippen LogP contribution in [0.25, 0.3) is 0 Å². The van der Waals surface area contributed by atoms with Crippen LogP contribution >= 0.6 is 0 Å². The highest BCUT2D eigenvalue weighted by Crippen LogP contribution is 2.36. The number of hydrogen-bond donors (Lipinski definition) is 5. The van der Waals surface area contributed by atoms with Gasteiger partial charge in [0.15, 0.2) is 0 Å². The first-order chi connectivity index (χ1) is 12.5. The van der Waals surface area contributed by atoms with Crippen molar-refractivity contribution in [3.05, 3.63) is 24.3 Å². The lowest BCUT2D eigenvalue weighted by Crippen LogP contribution is -2.20. The number of allylic oxidation sites excluding steroid dienone is 2. The van der Waals surface area contributed by atoms with Crippen molar-refractivity contribution < 1.29 is 30.3 Å². The molecule has 150 valence electrons. The van der Waals surface area contributed by atoms with Gasteiger partial charge in [-0.3, -0.25) is 4.79 Å². The fraction of sp³-hybridized carbons (Fsp3) is 0.750. The first kappa shape index (κ1) is 22.8. The number of aliphatic hydroxyl groups is 4. The van der Waals surface area contributed by atoms with E-state index in [2.05, 4.69) is 0 Å². The molecule has 0 aromatic rings. The number of hydrogen-bond acceptors (Lipinski definition) is 5. The molecular formula is C20H34O6. The molecular weight excluding hydrogens is 336 g/mol. The molecule has 1 saturated carbocycles. The number of aliphatic carboxylic acids is 1. The summed E-state index contributed by atoms with van der Waals surface area (Å²) in [5, 5.41) is 47.7. The molecule has 6 heteroatoms. The predicted octanol–water partition coefficient (Wildman–Crippen LogP) is 2.02. The quantitative estimate of drug-likeness (QED) is 0.250. The minimum atomic E-state index is -0.798. The average Bonchev–Trinajstić information content (AvgIpc) is 2.85. The standard InChI is InChI=1S/C20H34O6/c21-13-7-3-4-8-15(22)11-12-17-16(18(23)14-19(17)24)9-5-1-2-6-10-20(25)26/h1,5,11-12,15-19,21-24H,2-4,6-10,13-14H2,(H,25,26)/b5-1-,12-11+/t15-,16-,17-,18+,19-/m1/s1. The maximum Gasteiger partial charge on any atom is 0.303 e. The highest BCUT2D eigenvalue weighted by molar-refractivity contribution is 5.66. The SMILES string of the molecule is O=C(O)CCC/C=C\C[C@@H]1[C@@H](/C=C/[C@H](O)CCCCCO)[C@H](O)C[C@@H]1O. The Hall–Kier alpha value is -1.21. The normalized spacial score (nSPS) is 27.5. The Morgan fingerprint density at radius 3 is 2.54 bits per heavy atom. The first-order valence-corrected chi connectivity index (χ1v) is 9.65. The van der Waals surface area contributed by atoms with E-state index in [0.717, 1.165) is 19.3 Å². The molecule has 6 nitrogen and oxygen atoms in total. The Morgan fingerprint density at radius 2 is 1.85 bits per heavy atom. The lowest BCUT2D eigenvalue weighted by Gasteiger charge is -2.19. The van der Waals surface area contributed by atoms with Gasteiger partial charge >= 0.3 is 5.97 Å². The number of carbonyl (C=O) groups is 1. The third kappa shape index (κ3) is 8.94. The van der Waals surface area contributed by atoms with Gasteiger partial charge < -0.3 is 25.5 Å². The van der Waals surface area contributed by atoms with E-state index >= 15 is 0 Å². The van der Waals surface area contributed by atoms with Crippen LogP contribution in [0.2, 0.25) is 0 Å². The van der Waals surface area contributed by atoms with Crippen LogP contribution in [-0.4, -0.2) is 56.4 Å². The number of carboxylic acid groups (broad SMARTS) is 1. The van der Waals surface area contributed by atoms with Gasteiger partial charge in [0.05, 0.1) is 18.3 Å². The van der Waals surface area contributed by atoms with Gasteiger partial charge in [-0.15, -0.1) is 0 Å². The summed E-state index contributed by atoms with van der Waals surface area (Å²) in [6, 6.07) is 0. The van der Waals surface area contributed by atoms with Crippen molar-refractivity contribution >= 4 is 5.97 Å². The van der Waals surface area contributed by atoms with E-state index in [1.54, 1.807) is 6.08 Å². The van der Waals surface area contributed by atoms with Crippen LogP contribution in [0.3, 0.4) is 0 Å². The van der Waals surface area contributed by atoms with Crippen molar-refractivity contribution in [1.82, 2.24) is 0 Å². The molecule has 1 aliphatic rings. The van der Waals surface area contributed by atoms with Crippen LogP contribution in [0, 0.1) is 11.8 Å². The minimum absolute atomic E-state index is 0.0986. The van der Waals surface area contributed by atoms with Crippen LogP contribution < -0.4 is 0 Å². The summed E-state index contributed by atoms with van der Waals surface area (Å²) in [5.41, 5.74) is 0. The first-order valence-electron chi connectivity index (χ1n) is 9.65. The molecule has 0 aliphatic heterocycles. The van der Waals surface area contributed by atoms with Crippen molar-refractivity contribution in [3.8, 4) is 0 Å². The summed E-state index contributed by atoms with van der Waals surface area (Å²) in [5.74, 6) is -1.09. The van der Waals surface area contributed by atoms with E-state index in [9.17, 15) is 20.1 Å². The molecule has 0 aromatic carbocycles. The third-order valence-corrected chi connectivity index (χ3v) is 4.97. The Balaban J connectivity index is 2.44. The Labute approximate surface area is 155 Å². The van der Waals surface area contributed by atoms with Crippen LogP contribution in [0.4, 0.5) is 0 Å². The number of unbranched alkanes of at least 4 members (excludes halogenated alkanes) is 3. The number of aliphatic hydroxyl groups excluding tert-OH is 4. The Bertz CT molecular complexity index is 448. The summed E-state index contributed by atoms with van der Waals surface area (Å²) < 4.78 is 0. The summed E-state index contributed by atoms with van der Waals surface area (Å²) in [6.45, 7) is 0.170. The smallest absolute Gasteiger partial charge is 0.303 e. The van der Waals surface area contributed by atoms with E-state index in [-0.39, 0.29) is 24.9 Å². The summed E-state index contributed by atoms with van der Waals surface area (Å²) >= 11 is 0. The molecule has 0 unspecified atom stereocenters. The van der Waals surface area contributed by atoms with Crippen molar-refractivity contribution in [2.45, 2.75) is 76.1 Å². The molecule has 26 heavy (non-hydrogen) atoms. The molecule has 1 rings (SSSR count). The molecule has 0 aromatic heterocycles. The topological polar surface area (TPSA) is 118 Å². The van der Waals surface area contributed by atoms with Crippen molar-refractivity contribution in [1.29, 1.82) is 0 Å². The monoisotopic (exact) mass is 370 g/mol. The van der Waals surface area contributed by atoms with Crippen molar-refractivity contribution in [2.24, 2.45) is 11.8 Å². The second kappa shape index (κ2) is 13.0. The molecule has 0 heterocycles. The van der Waals surface area contributed by atoms with Gasteiger partial charge in [-0.25, -0.2) is 0 Å². The van der Waals surface area contributed by atoms with Gasteiger partial charge in [-0.05, 0) is 38.0 Å². The maximum atomic E-state index is 10.5. The van der Waals surface area contributed by atoms with Gasteiger partial charge in [-0.1, -0.05) is 37.1 Å². The zero-order valence-corrected chi connectivity index (χ0v) is 15.4. The second-order valence-electron chi connectivity index (χ2n) is 7.13. The average molecular weight is 370 g/mol. The molecule has 0 spiro atoms. The van der Waals surface area contributed by atoms with Gasteiger partial charge in [-0.2, -0.15) is 0 Å². The third-order valence-electron chi connectivity index (χ3n) is 4.97. The summed E-state index contributed by atoms with van der Waals surface area (Å²) in [6.07, 6.45) is 11.1. The summed E-state index contributed by atoms with van der Waals surface area (Å²) in [7, 11) is 0. The molecule has 5 atom stereocenters. The van der Waals surface area contributed by atoms with E-state index in [1.165, 1.54) is 0 Å². The van der Waals surface area contributed by atoms with Crippen LogP contribution in [0.5, 0.6) is 0 Å². The number of rotatable bonds is 13. The fourth-order valence-electron chi connectivity index (χ4n) is 3.44. The van der Waals surface area contributed by atoms with Crippen LogP contribution in [0.15, 0.2) is 24.3 Å². The Morgan fingerprint density at radius 1 is 1.08 bits per heavy atom. The lowest BCUT2D eigenvalue weighted by atomic mass is 9.89. The van der Waals surface area contributed by atoms with Crippen LogP contribution in [-0.2, 0) is 4.79 Å². The molecule has 0 bridgehead atoms. The largest absolute Gasteiger partial charge is 0.481 e. The summed E-state index contributed by atoms with van der Waals surface area (Å²) in [4.78, 5) is 10.5. The molecule has 1 fully saturated rings. The van der Waals surface area contributed by atoms with E-state index in [4.69, 9.17) is 10.2 Å². The second-order valence-corrected chi connectivity index (χ2v) is 7.13. The predicted molar refractivity (Wildman–Crippen MR) is 99.6 cm³/mol. The van der Waals surface area contributed by atoms with Crippen molar-refractivity contribution in [3.63, 3.8) is 0 Å². The minimum Gasteiger partial charge on any atom is -0.481 e. The Kier molecular flexibility index (Phi) is 11.4.